The molecule has 0 radical (unpaired) electrons. The van der Waals surface area contributed by atoms with E-state index in [4.69, 9.17) is 4.52 Å². The summed E-state index contributed by atoms with van der Waals surface area (Å²) < 4.78 is 5.18. The molecule has 0 unspecified atom stereocenters. The van der Waals surface area contributed by atoms with Crippen LogP contribution in [0.1, 0.15) is 27.8 Å². The first-order chi connectivity index (χ1) is 10.8. The molecule has 0 aliphatic heterocycles. The standard InChI is InChI=1S/C15H15N5O2/c21-15(12-9-16-10-18-12)17-7-6-14-19-13(20-22-14)8-11-4-2-1-3-5-11/h1-5,9-10H,6-8H2,(H,16,18)(H,17,21). The number of nitrogens with one attached hydrogen (secondary N) is 2. The number of aromatic nitrogens is 4. The van der Waals surface area contributed by atoms with Crippen LogP contribution in [0.3, 0.4) is 0 Å². The first-order valence-electron chi connectivity index (χ1n) is 6.93. The lowest BCUT2D eigenvalue weighted by molar-refractivity contribution is 0.0949. The Bertz CT molecular complexity index is 721. The molecule has 7 nitrogen and oxygen atoms in total. The molecule has 0 saturated heterocycles. The maximum atomic E-state index is 11.7. The van der Waals surface area contributed by atoms with E-state index in [1.165, 1.54) is 12.5 Å². The monoisotopic (exact) mass is 297 g/mol. The second kappa shape index (κ2) is 6.66. The Hall–Kier alpha value is -2.96. The fourth-order valence-electron chi connectivity index (χ4n) is 2.00. The minimum absolute atomic E-state index is 0.207. The van der Waals surface area contributed by atoms with E-state index in [0.29, 0.717) is 36.8 Å². The molecular formula is C15H15N5O2. The van der Waals surface area contributed by atoms with Gasteiger partial charge in [0.25, 0.3) is 5.91 Å². The zero-order valence-corrected chi connectivity index (χ0v) is 11.8. The quantitative estimate of drug-likeness (QED) is 0.716. The van der Waals surface area contributed by atoms with Gasteiger partial charge in [-0.05, 0) is 5.56 Å². The van der Waals surface area contributed by atoms with Crippen molar-refractivity contribution in [3.05, 3.63) is 65.8 Å². The highest BCUT2D eigenvalue weighted by Gasteiger charge is 2.09. The van der Waals surface area contributed by atoms with Crippen LogP contribution < -0.4 is 5.32 Å². The number of rotatable bonds is 6. The van der Waals surface area contributed by atoms with Gasteiger partial charge in [-0.1, -0.05) is 35.5 Å². The van der Waals surface area contributed by atoms with Crippen molar-refractivity contribution in [3.63, 3.8) is 0 Å². The Morgan fingerprint density at radius 2 is 2.14 bits per heavy atom. The van der Waals surface area contributed by atoms with Crippen molar-refractivity contribution >= 4 is 5.91 Å². The summed E-state index contributed by atoms with van der Waals surface area (Å²) in [7, 11) is 0. The number of carbonyl (C=O) groups excluding carboxylic acids is 1. The smallest absolute Gasteiger partial charge is 0.269 e. The molecule has 0 saturated carbocycles. The van der Waals surface area contributed by atoms with Gasteiger partial charge in [0.05, 0.1) is 12.5 Å². The van der Waals surface area contributed by atoms with E-state index >= 15 is 0 Å². The molecule has 1 aromatic carbocycles. The minimum atomic E-state index is -0.207. The molecule has 0 fully saturated rings. The van der Waals surface area contributed by atoms with Gasteiger partial charge >= 0.3 is 0 Å². The van der Waals surface area contributed by atoms with Gasteiger partial charge in [0, 0.05) is 19.4 Å². The molecule has 112 valence electrons. The van der Waals surface area contributed by atoms with Crippen LogP contribution in [0, 0.1) is 0 Å². The molecule has 2 heterocycles. The lowest BCUT2D eigenvalue weighted by Crippen LogP contribution is -2.26. The summed E-state index contributed by atoms with van der Waals surface area (Å²) >= 11 is 0. The van der Waals surface area contributed by atoms with E-state index in [2.05, 4.69) is 25.4 Å². The summed E-state index contributed by atoms with van der Waals surface area (Å²) in [6, 6.07) is 9.94. The Kier molecular flexibility index (Phi) is 4.24. The van der Waals surface area contributed by atoms with Crippen LogP contribution in [0.25, 0.3) is 0 Å². The van der Waals surface area contributed by atoms with Gasteiger partial charge < -0.3 is 14.8 Å². The zero-order valence-electron chi connectivity index (χ0n) is 11.8. The highest BCUT2D eigenvalue weighted by Crippen LogP contribution is 2.06. The van der Waals surface area contributed by atoms with E-state index in [1.54, 1.807) is 0 Å². The Morgan fingerprint density at radius 1 is 1.27 bits per heavy atom. The second-order valence-corrected chi connectivity index (χ2v) is 4.74. The lowest BCUT2D eigenvalue weighted by atomic mass is 10.1. The fraction of sp³-hybridized carbons (Fsp3) is 0.200. The molecular weight excluding hydrogens is 282 g/mol. The Balaban J connectivity index is 1.49. The van der Waals surface area contributed by atoms with Gasteiger partial charge in [0.1, 0.15) is 5.69 Å². The first kappa shape index (κ1) is 14.0. The molecule has 0 atom stereocenters. The third kappa shape index (κ3) is 3.57. The molecule has 1 amide bonds. The van der Waals surface area contributed by atoms with E-state index < -0.39 is 0 Å². The number of H-pyrrole nitrogens is 1. The van der Waals surface area contributed by atoms with E-state index in [1.807, 2.05) is 30.3 Å². The van der Waals surface area contributed by atoms with Gasteiger partial charge in [-0.25, -0.2) is 4.98 Å². The third-order valence-electron chi connectivity index (χ3n) is 3.08. The molecule has 2 N–H and O–H groups in total. The SMILES string of the molecule is O=C(NCCc1nc(Cc2ccccc2)no1)c1cnc[nH]1. The van der Waals surface area contributed by atoms with E-state index in [-0.39, 0.29) is 5.91 Å². The largest absolute Gasteiger partial charge is 0.350 e. The molecule has 22 heavy (non-hydrogen) atoms. The van der Waals surface area contributed by atoms with Crippen molar-refractivity contribution in [3.8, 4) is 0 Å². The summed E-state index contributed by atoms with van der Waals surface area (Å²) in [4.78, 5) is 22.5. The van der Waals surface area contributed by atoms with Crippen molar-refractivity contribution in [1.82, 2.24) is 25.4 Å². The van der Waals surface area contributed by atoms with Crippen LogP contribution in [-0.4, -0.2) is 32.6 Å². The predicted octanol–water partition coefficient (Wildman–Crippen LogP) is 1.36. The average Bonchev–Trinajstić information content (AvgIpc) is 3.20. The van der Waals surface area contributed by atoms with E-state index in [0.717, 1.165) is 5.56 Å². The number of benzene rings is 1. The van der Waals surface area contributed by atoms with Crippen LogP contribution in [0.5, 0.6) is 0 Å². The lowest BCUT2D eigenvalue weighted by Gasteiger charge is -2.00. The summed E-state index contributed by atoms with van der Waals surface area (Å²) in [6.07, 6.45) is 4.05. The van der Waals surface area contributed by atoms with Crippen molar-refractivity contribution in [1.29, 1.82) is 0 Å². The Labute approximate surface area is 126 Å². The number of hydrogen-bond acceptors (Lipinski definition) is 5. The molecule has 3 aromatic rings. The van der Waals surface area contributed by atoms with Gasteiger partial charge in [-0.15, -0.1) is 0 Å². The molecule has 0 aliphatic carbocycles. The normalized spacial score (nSPS) is 10.5. The van der Waals surface area contributed by atoms with Crippen molar-refractivity contribution in [2.45, 2.75) is 12.8 Å². The van der Waals surface area contributed by atoms with Crippen LogP contribution in [-0.2, 0) is 12.8 Å². The van der Waals surface area contributed by atoms with Gasteiger partial charge in [-0.3, -0.25) is 4.79 Å². The van der Waals surface area contributed by atoms with Crippen LogP contribution in [0.4, 0.5) is 0 Å². The fourth-order valence-corrected chi connectivity index (χ4v) is 2.00. The second-order valence-electron chi connectivity index (χ2n) is 4.74. The van der Waals surface area contributed by atoms with Crippen LogP contribution >= 0.6 is 0 Å². The summed E-state index contributed by atoms with van der Waals surface area (Å²) in [5, 5.41) is 6.70. The van der Waals surface area contributed by atoms with E-state index in [9.17, 15) is 4.79 Å². The summed E-state index contributed by atoms with van der Waals surface area (Å²) in [5.41, 5.74) is 1.55. The number of carbonyl (C=O) groups is 1. The maximum Gasteiger partial charge on any atom is 0.269 e. The molecule has 0 bridgehead atoms. The van der Waals surface area contributed by atoms with Gasteiger partial charge in [-0.2, -0.15) is 4.98 Å². The number of aromatic amines is 1. The molecule has 2 aromatic heterocycles. The number of amides is 1. The number of imidazole rings is 1. The number of nitrogens with zero attached hydrogens (tertiary/aromatic N) is 3. The predicted molar refractivity (Wildman–Crippen MR) is 78.2 cm³/mol. The molecule has 3 rings (SSSR count). The van der Waals surface area contributed by atoms with Crippen LogP contribution in [0.2, 0.25) is 0 Å². The van der Waals surface area contributed by atoms with Gasteiger partial charge in [0.2, 0.25) is 5.89 Å². The molecule has 0 spiro atoms. The summed E-state index contributed by atoms with van der Waals surface area (Å²) in [5.74, 6) is 0.943. The minimum Gasteiger partial charge on any atom is -0.350 e. The summed E-state index contributed by atoms with van der Waals surface area (Å²) in [6.45, 7) is 0.421. The maximum absolute atomic E-state index is 11.7. The molecule has 7 heteroatoms. The Morgan fingerprint density at radius 3 is 2.91 bits per heavy atom. The van der Waals surface area contributed by atoms with Crippen LogP contribution in [0.15, 0.2) is 47.4 Å². The highest BCUT2D eigenvalue weighted by atomic mass is 16.5. The van der Waals surface area contributed by atoms with Crippen molar-refractivity contribution < 1.29 is 9.32 Å². The topological polar surface area (TPSA) is 96.7 Å². The first-order valence-corrected chi connectivity index (χ1v) is 6.93. The third-order valence-corrected chi connectivity index (χ3v) is 3.08. The van der Waals surface area contributed by atoms with Gasteiger partial charge in [0.15, 0.2) is 5.82 Å². The van der Waals surface area contributed by atoms with Crippen molar-refractivity contribution in [2.24, 2.45) is 0 Å². The molecule has 0 aliphatic rings. The zero-order chi connectivity index (χ0) is 15.2. The number of hydrogen-bond donors (Lipinski definition) is 2. The average molecular weight is 297 g/mol. The van der Waals surface area contributed by atoms with Crippen molar-refractivity contribution in [2.75, 3.05) is 6.54 Å². The highest BCUT2D eigenvalue weighted by molar-refractivity contribution is 5.91.